The molecule has 0 radical (unpaired) electrons. The summed E-state index contributed by atoms with van der Waals surface area (Å²) in [4.78, 5) is 24.7. The largest absolute Gasteiger partial charge is 0.480 e. The number of rotatable bonds is 4. The maximum atomic E-state index is 11.9. The number of carbonyl (C=O) groups excluding carboxylic acids is 1. The van der Waals surface area contributed by atoms with Gasteiger partial charge in [0.05, 0.1) is 6.54 Å². The monoisotopic (exact) mass is 252 g/mol. The normalized spacial score (nSPS) is 13.1. The first-order valence-electron chi connectivity index (χ1n) is 4.23. The molecule has 0 aromatic carbocycles. The van der Waals surface area contributed by atoms with Crippen LogP contribution < -0.4 is 5.32 Å². The Morgan fingerprint density at radius 1 is 1.47 bits per heavy atom. The molecule has 0 aliphatic rings. The molecule has 1 heterocycles. The van der Waals surface area contributed by atoms with Gasteiger partial charge in [0, 0.05) is 0 Å². The van der Waals surface area contributed by atoms with E-state index >= 15 is 0 Å². The third kappa shape index (κ3) is 3.74. The molecule has 1 rings (SSSR count). The van der Waals surface area contributed by atoms with Crippen molar-refractivity contribution in [1.29, 1.82) is 0 Å². The third-order valence-corrected chi connectivity index (χ3v) is 1.70. The quantitative estimate of drug-likeness (QED) is 0.746. The van der Waals surface area contributed by atoms with Crippen molar-refractivity contribution >= 4 is 11.9 Å². The number of halogens is 3. The highest BCUT2D eigenvalue weighted by molar-refractivity contribution is 5.86. The van der Waals surface area contributed by atoms with E-state index in [0.29, 0.717) is 0 Å². The summed E-state index contributed by atoms with van der Waals surface area (Å²) in [6.45, 7) is -0.447. The minimum absolute atomic E-state index is 0.447. The molecule has 0 saturated heterocycles. The van der Waals surface area contributed by atoms with Gasteiger partial charge in [0.25, 0.3) is 0 Å². The standard InChI is InChI=1S/C7H7F3N4O3/c8-7(9,10)6(17)13-4(5(15)16)1-14-3-11-2-12-14/h2-4H,1H2,(H,13,17)(H,15,16). The van der Waals surface area contributed by atoms with Crippen LogP contribution in [0.3, 0.4) is 0 Å². The van der Waals surface area contributed by atoms with Crippen LogP contribution in [0.5, 0.6) is 0 Å². The number of nitrogens with zero attached hydrogens (tertiary/aromatic N) is 3. The molecule has 1 aromatic rings. The van der Waals surface area contributed by atoms with E-state index in [0.717, 1.165) is 17.3 Å². The predicted octanol–water partition coefficient (Wildman–Crippen LogP) is -0.590. The Labute approximate surface area is 92.2 Å². The Balaban J connectivity index is 2.68. The lowest BCUT2D eigenvalue weighted by molar-refractivity contribution is -0.175. The van der Waals surface area contributed by atoms with E-state index in [-0.39, 0.29) is 0 Å². The fourth-order valence-electron chi connectivity index (χ4n) is 0.940. The highest BCUT2D eigenvalue weighted by atomic mass is 19.4. The summed E-state index contributed by atoms with van der Waals surface area (Å²) in [5.74, 6) is -3.91. The Morgan fingerprint density at radius 3 is 2.53 bits per heavy atom. The fraction of sp³-hybridized carbons (Fsp3) is 0.429. The summed E-state index contributed by atoms with van der Waals surface area (Å²) in [5.41, 5.74) is 0. The lowest BCUT2D eigenvalue weighted by atomic mass is 10.3. The van der Waals surface area contributed by atoms with Crippen molar-refractivity contribution in [2.75, 3.05) is 0 Å². The summed E-state index contributed by atoms with van der Waals surface area (Å²) >= 11 is 0. The smallest absolute Gasteiger partial charge is 0.471 e. The maximum absolute atomic E-state index is 11.9. The molecule has 0 fully saturated rings. The lowest BCUT2D eigenvalue weighted by Crippen LogP contribution is -2.48. The van der Waals surface area contributed by atoms with Gasteiger partial charge < -0.3 is 10.4 Å². The zero-order valence-corrected chi connectivity index (χ0v) is 8.18. The first-order chi connectivity index (χ1) is 7.80. The first-order valence-corrected chi connectivity index (χ1v) is 4.23. The SMILES string of the molecule is O=C(O)C(Cn1cncn1)NC(=O)C(F)(F)F. The molecule has 10 heteroatoms. The van der Waals surface area contributed by atoms with Gasteiger partial charge in [0.1, 0.15) is 18.7 Å². The van der Waals surface area contributed by atoms with Gasteiger partial charge in [-0.1, -0.05) is 0 Å². The highest BCUT2D eigenvalue weighted by Gasteiger charge is 2.40. The second-order valence-corrected chi connectivity index (χ2v) is 2.98. The summed E-state index contributed by atoms with van der Waals surface area (Å²) in [6.07, 6.45) is -2.92. The molecule has 0 spiro atoms. The van der Waals surface area contributed by atoms with Crippen molar-refractivity contribution in [2.45, 2.75) is 18.8 Å². The van der Waals surface area contributed by atoms with Crippen LogP contribution in [0.1, 0.15) is 0 Å². The van der Waals surface area contributed by atoms with Crippen molar-refractivity contribution in [1.82, 2.24) is 20.1 Å². The van der Waals surface area contributed by atoms with E-state index in [2.05, 4.69) is 10.1 Å². The number of carboxylic acid groups (broad SMARTS) is 1. The zero-order chi connectivity index (χ0) is 13.1. The molecule has 17 heavy (non-hydrogen) atoms. The van der Waals surface area contributed by atoms with Crippen LogP contribution in [0, 0.1) is 0 Å². The average molecular weight is 252 g/mol. The number of hydrogen-bond acceptors (Lipinski definition) is 4. The van der Waals surface area contributed by atoms with E-state index in [4.69, 9.17) is 5.11 Å². The molecule has 0 saturated carbocycles. The maximum Gasteiger partial charge on any atom is 0.471 e. The Bertz CT molecular complexity index is 403. The van der Waals surface area contributed by atoms with E-state index in [9.17, 15) is 22.8 Å². The van der Waals surface area contributed by atoms with Crippen LogP contribution in [0.4, 0.5) is 13.2 Å². The van der Waals surface area contributed by atoms with Crippen molar-refractivity contribution in [3.05, 3.63) is 12.7 Å². The van der Waals surface area contributed by atoms with E-state index in [1.807, 2.05) is 0 Å². The van der Waals surface area contributed by atoms with Crippen LogP contribution in [-0.4, -0.2) is 44.0 Å². The molecular formula is C7H7F3N4O3. The average Bonchev–Trinajstić information content (AvgIpc) is 2.67. The third-order valence-electron chi connectivity index (χ3n) is 1.70. The molecule has 7 nitrogen and oxygen atoms in total. The van der Waals surface area contributed by atoms with Crippen molar-refractivity contribution in [2.24, 2.45) is 0 Å². The summed E-state index contributed by atoms with van der Waals surface area (Å²) in [5, 5.41) is 13.5. The van der Waals surface area contributed by atoms with Gasteiger partial charge in [0.15, 0.2) is 0 Å². The van der Waals surface area contributed by atoms with Gasteiger partial charge in [-0.25, -0.2) is 9.78 Å². The molecule has 94 valence electrons. The van der Waals surface area contributed by atoms with Crippen molar-refractivity contribution in [3.8, 4) is 0 Å². The van der Waals surface area contributed by atoms with E-state index < -0.39 is 30.6 Å². The molecule has 0 bridgehead atoms. The van der Waals surface area contributed by atoms with Crippen LogP contribution in [0.15, 0.2) is 12.7 Å². The Hall–Kier alpha value is -2.13. The van der Waals surface area contributed by atoms with Gasteiger partial charge in [-0.05, 0) is 0 Å². The number of alkyl halides is 3. The topological polar surface area (TPSA) is 97.1 Å². The van der Waals surface area contributed by atoms with Crippen molar-refractivity contribution in [3.63, 3.8) is 0 Å². The molecule has 1 atom stereocenters. The summed E-state index contributed by atoms with van der Waals surface area (Å²) in [6, 6.07) is -1.73. The molecule has 0 aliphatic carbocycles. The van der Waals surface area contributed by atoms with Crippen LogP contribution in [0.2, 0.25) is 0 Å². The fourth-order valence-corrected chi connectivity index (χ4v) is 0.940. The number of aromatic nitrogens is 3. The highest BCUT2D eigenvalue weighted by Crippen LogP contribution is 2.14. The first kappa shape index (κ1) is 12.9. The molecule has 1 amide bonds. The van der Waals surface area contributed by atoms with E-state index in [1.54, 1.807) is 0 Å². The molecular weight excluding hydrogens is 245 g/mol. The number of carboxylic acids is 1. The Morgan fingerprint density at radius 2 is 2.12 bits per heavy atom. The second-order valence-electron chi connectivity index (χ2n) is 2.98. The summed E-state index contributed by atoms with van der Waals surface area (Å²) in [7, 11) is 0. The minimum atomic E-state index is -5.13. The predicted molar refractivity (Wildman–Crippen MR) is 45.6 cm³/mol. The van der Waals surface area contributed by atoms with Gasteiger partial charge in [0.2, 0.25) is 0 Å². The minimum Gasteiger partial charge on any atom is -0.480 e. The van der Waals surface area contributed by atoms with Crippen LogP contribution in [0.25, 0.3) is 0 Å². The van der Waals surface area contributed by atoms with Gasteiger partial charge in [-0.2, -0.15) is 18.3 Å². The van der Waals surface area contributed by atoms with Gasteiger partial charge in [-0.3, -0.25) is 9.48 Å². The number of nitrogens with one attached hydrogen (secondary N) is 1. The Kier molecular flexibility index (Phi) is 3.66. The molecule has 2 N–H and O–H groups in total. The van der Waals surface area contributed by atoms with Gasteiger partial charge >= 0.3 is 18.1 Å². The lowest BCUT2D eigenvalue weighted by Gasteiger charge is -2.15. The number of aliphatic carboxylic acids is 1. The number of amides is 1. The molecule has 0 aliphatic heterocycles. The van der Waals surface area contributed by atoms with Crippen LogP contribution in [-0.2, 0) is 16.1 Å². The number of hydrogen-bond donors (Lipinski definition) is 2. The zero-order valence-electron chi connectivity index (χ0n) is 8.18. The van der Waals surface area contributed by atoms with Crippen LogP contribution >= 0.6 is 0 Å². The summed E-state index contributed by atoms with van der Waals surface area (Å²) < 4.78 is 36.7. The van der Waals surface area contributed by atoms with Gasteiger partial charge in [-0.15, -0.1) is 0 Å². The van der Waals surface area contributed by atoms with Crippen molar-refractivity contribution < 1.29 is 27.9 Å². The van der Waals surface area contributed by atoms with E-state index in [1.165, 1.54) is 5.32 Å². The number of carbonyl (C=O) groups is 2. The molecule has 1 aromatic heterocycles. The molecule has 1 unspecified atom stereocenters. The second kappa shape index (κ2) is 4.80.